The van der Waals surface area contributed by atoms with Crippen LogP contribution in [0, 0.1) is 6.92 Å². The number of carboxylic acid groups (broad SMARTS) is 1. The van der Waals surface area contributed by atoms with E-state index in [-0.39, 0.29) is 35.6 Å². The summed E-state index contributed by atoms with van der Waals surface area (Å²) in [6.45, 7) is 1.86. The van der Waals surface area contributed by atoms with E-state index in [1.54, 1.807) is 11.0 Å². The monoisotopic (exact) mass is 416 g/mol. The predicted molar refractivity (Wildman–Crippen MR) is 102 cm³/mol. The lowest BCUT2D eigenvalue weighted by Gasteiger charge is -2.25. The van der Waals surface area contributed by atoms with Crippen LogP contribution in [0.5, 0.6) is 0 Å². The summed E-state index contributed by atoms with van der Waals surface area (Å²) in [6.07, 6.45) is -0.493. The fourth-order valence-corrected chi connectivity index (χ4v) is 7.08. The number of anilines is 1. The van der Waals surface area contributed by atoms with Gasteiger partial charge in [0.1, 0.15) is 0 Å². The van der Waals surface area contributed by atoms with Crippen molar-refractivity contribution >= 4 is 55.9 Å². The number of carboxylic acids is 1. The number of aliphatic imine (C=N–C) groups is 1. The van der Waals surface area contributed by atoms with Crippen molar-refractivity contribution in [2.45, 2.75) is 31.1 Å². The first-order chi connectivity index (χ1) is 12.2. The molecule has 1 aromatic rings. The second kappa shape index (κ2) is 7.21. The van der Waals surface area contributed by atoms with E-state index in [4.69, 9.17) is 16.7 Å². The summed E-state index contributed by atoms with van der Waals surface area (Å²) < 4.78 is 24.0. The molecule has 2 heterocycles. The van der Waals surface area contributed by atoms with E-state index in [0.29, 0.717) is 15.9 Å². The molecule has 3 rings (SSSR count). The Morgan fingerprint density at radius 3 is 2.73 bits per heavy atom. The zero-order valence-corrected chi connectivity index (χ0v) is 16.3. The number of benzene rings is 1. The number of thioether (sulfide) groups is 1. The molecule has 0 aliphatic carbocycles. The Bertz CT molecular complexity index is 900. The first-order valence-corrected chi connectivity index (χ1v) is 11.0. The summed E-state index contributed by atoms with van der Waals surface area (Å²) in [5.74, 6) is -1.59. The molecule has 2 saturated heterocycles. The average molecular weight is 417 g/mol. The Hall–Kier alpha value is -1.58. The van der Waals surface area contributed by atoms with Crippen molar-refractivity contribution in [1.82, 2.24) is 0 Å². The molecule has 26 heavy (non-hydrogen) atoms. The van der Waals surface area contributed by atoms with E-state index < -0.39 is 21.7 Å². The molecule has 0 radical (unpaired) electrons. The number of carbonyl (C=O) groups is 2. The fraction of sp³-hybridized carbons (Fsp3) is 0.438. The lowest BCUT2D eigenvalue weighted by Crippen LogP contribution is -2.37. The number of hydrogen-bond donors (Lipinski definition) is 1. The number of nitrogens with zero attached hydrogens (tertiary/aromatic N) is 2. The Morgan fingerprint density at radius 2 is 2.08 bits per heavy atom. The average Bonchev–Trinajstić information content (AvgIpc) is 2.99. The van der Waals surface area contributed by atoms with E-state index in [0.717, 1.165) is 5.56 Å². The molecular weight excluding hydrogens is 400 g/mol. The SMILES string of the molecule is Cc1ccc(N2C(=NC(=O)CCC(=O)O)S[C@H]3CS(=O)(=O)C[C@H]32)cc1Cl. The lowest BCUT2D eigenvalue weighted by molar-refractivity contribution is -0.138. The number of rotatable bonds is 4. The van der Waals surface area contributed by atoms with Crippen molar-refractivity contribution in [3.63, 3.8) is 0 Å². The standard InChI is InChI=1S/C16H17ClN2O5S2/c1-9-2-3-10(6-11(9)17)19-12-7-26(23,24)8-13(12)25-16(19)18-14(20)4-5-15(21)22/h2-3,6,12-13H,4-5,7-8H2,1H3,(H,21,22)/t12-,13+/m1/s1. The highest BCUT2D eigenvalue weighted by Gasteiger charge is 2.49. The highest BCUT2D eigenvalue weighted by molar-refractivity contribution is 8.16. The van der Waals surface area contributed by atoms with Gasteiger partial charge in [-0.15, -0.1) is 0 Å². The number of amides is 1. The van der Waals surface area contributed by atoms with Gasteiger partial charge >= 0.3 is 5.97 Å². The molecule has 140 valence electrons. The summed E-state index contributed by atoms with van der Waals surface area (Å²) in [4.78, 5) is 28.4. The van der Waals surface area contributed by atoms with Crippen LogP contribution < -0.4 is 4.90 Å². The van der Waals surface area contributed by atoms with Gasteiger partial charge in [0.05, 0.1) is 24.0 Å². The van der Waals surface area contributed by atoms with E-state index in [9.17, 15) is 18.0 Å². The highest BCUT2D eigenvalue weighted by atomic mass is 35.5. The summed E-state index contributed by atoms with van der Waals surface area (Å²) in [7, 11) is -3.15. The third-order valence-electron chi connectivity index (χ3n) is 4.27. The van der Waals surface area contributed by atoms with Crippen molar-refractivity contribution in [1.29, 1.82) is 0 Å². The maximum Gasteiger partial charge on any atom is 0.303 e. The summed E-state index contributed by atoms with van der Waals surface area (Å²) in [5.41, 5.74) is 1.55. The summed E-state index contributed by atoms with van der Waals surface area (Å²) in [5, 5.41) is 9.41. The van der Waals surface area contributed by atoms with Crippen LogP contribution in [0.1, 0.15) is 18.4 Å². The Kier molecular flexibility index (Phi) is 5.32. The number of hydrogen-bond acceptors (Lipinski definition) is 5. The molecule has 2 atom stereocenters. The molecule has 7 nitrogen and oxygen atoms in total. The Morgan fingerprint density at radius 1 is 1.35 bits per heavy atom. The summed E-state index contributed by atoms with van der Waals surface area (Å²) in [6, 6.07) is 5.03. The van der Waals surface area contributed by atoms with Gasteiger partial charge in [-0.25, -0.2) is 8.42 Å². The number of halogens is 1. The molecule has 0 spiro atoms. The molecule has 1 aromatic carbocycles. The number of amidine groups is 1. The fourth-order valence-electron chi connectivity index (χ4n) is 2.97. The molecule has 2 aliphatic rings. The third kappa shape index (κ3) is 4.05. The second-order valence-corrected chi connectivity index (χ2v) is 10.1. The number of aryl methyl sites for hydroxylation is 1. The van der Waals surface area contributed by atoms with Gasteiger partial charge in [0.15, 0.2) is 15.0 Å². The van der Waals surface area contributed by atoms with Crippen molar-refractivity contribution in [2.75, 3.05) is 16.4 Å². The molecule has 0 unspecified atom stereocenters. The van der Waals surface area contributed by atoms with Gasteiger partial charge in [-0.05, 0) is 24.6 Å². The molecule has 0 saturated carbocycles. The van der Waals surface area contributed by atoms with Crippen LogP contribution in [-0.2, 0) is 19.4 Å². The Labute approximate surface area is 160 Å². The number of carbonyl (C=O) groups excluding carboxylic acids is 1. The maximum atomic E-state index is 12.0. The topological polar surface area (TPSA) is 104 Å². The van der Waals surface area contributed by atoms with Crippen molar-refractivity contribution < 1.29 is 23.1 Å². The van der Waals surface area contributed by atoms with Gasteiger partial charge in [0.25, 0.3) is 0 Å². The van der Waals surface area contributed by atoms with Gasteiger partial charge in [0.2, 0.25) is 5.91 Å². The minimum absolute atomic E-state index is 0.0154. The molecule has 0 aromatic heterocycles. The van der Waals surface area contributed by atoms with Crippen LogP contribution in [0.15, 0.2) is 23.2 Å². The number of sulfone groups is 1. The smallest absolute Gasteiger partial charge is 0.303 e. The minimum Gasteiger partial charge on any atom is -0.481 e. The van der Waals surface area contributed by atoms with Gasteiger partial charge in [-0.2, -0.15) is 4.99 Å². The van der Waals surface area contributed by atoms with E-state index >= 15 is 0 Å². The Balaban J connectivity index is 1.94. The van der Waals surface area contributed by atoms with Crippen LogP contribution >= 0.6 is 23.4 Å². The minimum atomic E-state index is -3.15. The van der Waals surface area contributed by atoms with Crippen molar-refractivity contribution in [3.05, 3.63) is 28.8 Å². The third-order valence-corrected chi connectivity index (χ3v) is 7.89. The van der Waals surface area contributed by atoms with Gasteiger partial charge in [-0.1, -0.05) is 29.4 Å². The number of aliphatic carboxylic acids is 1. The van der Waals surface area contributed by atoms with E-state index in [1.807, 2.05) is 19.1 Å². The molecule has 1 N–H and O–H groups in total. The lowest BCUT2D eigenvalue weighted by atomic mass is 10.1. The van der Waals surface area contributed by atoms with E-state index in [2.05, 4.69) is 4.99 Å². The largest absolute Gasteiger partial charge is 0.481 e. The van der Waals surface area contributed by atoms with Crippen molar-refractivity contribution in [3.8, 4) is 0 Å². The normalized spacial score (nSPS) is 25.5. The second-order valence-electron chi connectivity index (χ2n) is 6.29. The van der Waals surface area contributed by atoms with Gasteiger partial charge < -0.3 is 10.0 Å². The van der Waals surface area contributed by atoms with Crippen LogP contribution in [0.3, 0.4) is 0 Å². The molecule has 2 fully saturated rings. The quantitative estimate of drug-likeness (QED) is 0.801. The van der Waals surface area contributed by atoms with Crippen LogP contribution in [0.2, 0.25) is 5.02 Å². The highest BCUT2D eigenvalue weighted by Crippen LogP contribution is 2.41. The molecule has 1 amide bonds. The predicted octanol–water partition coefficient (Wildman–Crippen LogP) is 2.11. The first kappa shape index (κ1) is 19.2. The summed E-state index contributed by atoms with van der Waals surface area (Å²) >= 11 is 7.45. The molecule has 10 heteroatoms. The zero-order valence-electron chi connectivity index (χ0n) is 13.9. The van der Waals surface area contributed by atoms with E-state index in [1.165, 1.54) is 11.8 Å². The van der Waals surface area contributed by atoms with Crippen LogP contribution in [-0.4, -0.2) is 53.4 Å². The van der Waals surface area contributed by atoms with Gasteiger partial charge in [-0.3, -0.25) is 9.59 Å². The molecular formula is C16H17ClN2O5S2. The first-order valence-electron chi connectivity index (χ1n) is 7.92. The van der Waals surface area contributed by atoms with Crippen LogP contribution in [0.4, 0.5) is 5.69 Å². The number of fused-ring (bicyclic) bond motifs is 1. The van der Waals surface area contributed by atoms with Gasteiger partial charge in [0, 0.05) is 22.4 Å². The zero-order chi connectivity index (χ0) is 19.1. The van der Waals surface area contributed by atoms with Crippen molar-refractivity contribution in [2.24, 2.45) is 4.99 Å². The molecule has 2 aliphatic heterocycles. The maximum absolute atomic E-state index is 12.0. The van der Waals surface area contributed by atoms with Crippen LogP contribution in [0.25, 0.3) is 0 Å². The molecule has 0 bridgehead atoms.